The molecule has 2 aromatic rings. The number of anilines is 1. The Morgan fingerprint density at radius 1 is 1.11 bits per heavy atom. The molecule has 1 amide bonds. The number of rotatable bonds is 4. The summed E-state index contributed by atoms with van der Waals surface area (Å²) in [5.41, 5.74) is 4.05. The molecule has 1 aliphatic carbocycles. The fourth-order valence-corrected chi connectivity index (χ4v) is 4.75. The first-order valence-corrected chi connectivity index (χ1v) is 12.1. The molecule has 4 heterocycles. The molecule has 3 aliphatic rings. The van der Waals surface area contributed by atoms with Gasteiger partial charge in [0.25, 0.3) is 0 Å². The smallest absolute Gasteiger partial charge is 0.219 e. The van der Waals surface area contributed by atoms with E-state index < -0.39 is 12.0 Å². The van der Waals surface area contributed by atoms with Crippen LogP contribution >= 0.6 is 0 Å². The van der Waals surface area contributed by atoms with E-state index in [2.05, 4.69) is 9.88 Å². The van der Waals surface area contributed by atoms with Crippen molar-refractivity contribution in [2.75, 3.05) is 24.5 Å². The predicted molar refractivity (Wildman–Crippen MR) is 128 cm³/mol. The minimum absolute atomic E-state index is 0.0280. The minimum atomic E-state index is -1.29. The van der Waals surface area contributed by atoms with Crippen LogP contribution in [-0.2, 0) is 22.5 Å². The maximum Gasteiger partial charge on any atom is 0.219 e. The highest BCUT2D eigenvalue weighted by molar-refractivity contribution is 5.74. The number of piperidine rings is 1. The molecule has 0 radical (unpaired) electrons. The van der Waals surface area contributed by atoms with Gasteiger partial charge in [-0.25, -0.2) is 18.7 Å². The zero-order valence-electron chi connectivity index (χ0n) is 20.0. The third-order valence-electron chi connectivity index (χ3n) is 6.69. The molecule has 0 spiro atoms. The number of carbonyl (C=O) groups is 1. The molecule has 1 atom stereocenters. The summed E-state index contributed by atoms with van der Waals surface area (Å²) in [6.07, 6.45) is 3.19. The van der Waals surface area contributed by atoms with Gasteiger partial charge in [-0.15, -0.1) is 0 Å². The van der Waals surface area contributed by atoms with Crippen molar-refractivity contribution in [1.82, 2.24) is 19.9 Å². The summed E-state index contributed by atoms with van der Waals surface area (Å²) in [5.74, 6) is 0.324. The number of allylic oxidation sites excluding steroid dienone is 3. The van der Waals surface area contributed by atoms with Crippen LogP contribution < -0.4 is 4.90 Å². The van der Waals surface area contributed by atoms with E-state index in [1.54, 1.807) is 11.8 Å². The van der Waals surface area contributed by atoms with E-state index in [4.69, 9.17) is 14.7 Å². The number of aromatic nitrogens is 3. The molecule has 9 heteroatoms. The van der Waals surface area contributed by atoms with E-state index in [1.165, 1.54) is 6.08 Å². The highest BCUT2D eigenvalue weighted by Gasteiger charge is 2.29. The summed E-state index contributed by atoms with van der Waals surface area (Å²) in [4.78, 5) is 30.6. The molecule has 1 unspecified atom stereocenters. The zero-order chi connectivity index (χ0) is 24.5. The summed E-state index contributed by atoms with van der Waals surface area (Å²) in [5, 5.41) is 0. The molecule has 0 aromatic carbocycles. The molecule has 184 valence electrons. The van der Waals surface area contributed by atoms with Crippen molar-refractivity contribution in [3.05, 3.63) is 59.0 Å². The van der Waals surface area contributed by atoms with E-state index in [0.29, 0.717) is 51.1 Å². The SMILES string of the molecule is CC(=O)N1CCc2nc(N3CCC(OC4=CCC(F)C=C4F)CC3)c(-c3cccc(C)n3)nc2C1. The Bertz CT molecular complexity index is 1190. The van der Waals surface area contributed by atoms with Crippen LogP contribution in [-0.4, -0.2) is 57.7 Å². The number of ether oxygens (including phenoxy) is 1. The first-order chi connectivity index (χ1) is 16.9. The van der Waals surface area contributed by atoms with Gasteiger partial charge in [0.2, 0.25) is 5.91 Å². The van der Waals surface area contributed by atoms with E-state index in [0.717, 1.165) is 34.7 Å². The Morgan fingerprint density at radius 3 is 2.63 bits per heavy atom. The quantitative estimate of drug-likeness (QED) is 0.651. The molecular weight excluding hydrogens is 452 g/mol. The normalized spacial score (nSPS) is 20.7. The maximum atomic E-state index is 14.1. The van der Waals surface area contributed by atoms with Gasteiger partial charge in [-0.05, 0) is 31.2 Å². The van der Waals surface area contributed by atoms with E-state index in [9.17, 15) is 13.6 Å². The van der Waals surface area contributed by atoms with Gasteiger partial charge in [0, 0.05) is 57.9 Å². The number of halogens is 2. The molecule has 0 saturated carbocycles. The standard InChI is InChI=1S/C26H29F2N5O2/c1-16-4-3-5-22(29-16)25-26(31-21-10-13-33(17(2)34)15-23(21)30-25)32-11-8-19(9-12-32)35-24-7-6-18(27)14-20(24)28/h3-5,7,14,18-19H,6,8-13,15H2,1-2H3. The molecular formula is C26H29F2N5O2. The largest absolute Gasteiger partial charge is 0.488 e. The highest BCUT2D eigenvalue weighted by Crippen LogP contribution is 2.33. The first kappa shape index (κ1) is 23.4. The van der Waals surface area contributed by atoms with Crippen LogP contribution in [0, 0.1) is 6.92 Å². The lowest BCUT2D eigenvalue weighted by Gasteiger charge is -2.35. The van der Waals surface area contributed by atoms with Crippen molar-refractivity contribution in [3.8, 4) is 11.4 Å². The molecule has 35 heavy (non-hydrogen) atoms. The molecule has 5 rings (SSSR count). The first-order valence-electron chi connectivity index (χ1n) is 12.1. The highest BCUT2D eigenvalue weighted by atomic mass is 19.1. The third kappa shape index (κ3) is 5.04. The van der Waals surface area contributed by atoms with Gasteiger partial charge >= 0.3 is 0 Å². The number of hydrogen-bond acceptors (Lipinski definition) is 6. The molecule has 0 bridgehead atoms. The van der Waals surface area contributed by atoms with E-state index in [-0.39, 0.29) is 24.2 Å². The second-order valence-electron chi connectivity index (χ2n) is 9.28. The maximum absolute atomic E-state index is 14.1. The Balaban J connectivity index is 1.38. The van der Waals surface area contributed by atoms with Crippen molar-refractivity contribution in [3.63, 3.8) is 0 Å². The molecule has 2 aromatic heterocycles. The Morgan fingerprint density at radius 2 is 1.91 bits per heavy atom. The Labute approximate surface area is 203 Å². The molecule has 1 fully saturated rings. The Kier molecular flexibility index (Phi) is 6.49. The van der Waals surface area contributed by atoms with Crippen molar-refractivity contribution in [1.29, 1.82) is 0 Å². The number of alkyl halides is 1. The second kappa shape index (κ2) is 9.71. The van der Waals surface area contributed by atoms with Gasteiger partial charge in [-0.2, -0.15) is 0 Å². The van der Waals surface area contributed by atoms with Crippen LogP contribution in [0.1, 0.15) is 43.3 Å². The van der Waals surface area contributed by atoms with E-state index >= 15 is 0 Å². The summed E-state index contributed by atoms with van der Waals surface area (Å²) in [6.45, 7) is 5.92. The number of fused-ring (bicyclic) bond motifs is 1. The molecule has 0 N–H and O–H groups in total. The molecule has 7 nitrogen and oxygen atoms in total. The van der Waals surface area contributed by atoms with Crippen LogP contribution in [0.3, 0.4) is 0 Å². The van der Waals surface area contributed by atoms with Crippen LogP contribution in [0.25, 0.3) is 11.4 Å². The topological polar surface area (TPSA) is 71.5 Å². The zero-order valence-corrected chi connectivity index (χ0v) is 20.0. The number of carbonyl (C=O) groups excluding carboxylic acids is 1. The van der Waals surface area contributed by atoms with Gasteiger partial charge in [0.15, 0.2) is 17.4 Å². The van der Waals surface area contributed by atoms with Gasteiger partial charge in [-0.1, -0.05) is 6.07 Å². The van der Waals surface area contributed by atoms with Crippen LogP contribution in [0.2, 0.25) is 0 Å². The van der Waals surface area contributed by atoms with Gasteiger partial charge < -0.3 is 14.5 Å². The van der Waals surface area contributed by atoms with Gasteiger partial charge in [0.05, 0.1) is 23.6 Å². The number of nitrogens with zero attached hydrogens (tertiary/aromatic N) is 5. The van der Waals surface area contributed by atoms with Crippen LogP contribution in [0.5, 0.6) is 0 Å². The fraction of sp³-hybridized carbons (Fsp3) is 0.462. The summed E-state index contributed by atoms with van der Waals surface area (Å²) >= 11 is 0. The summed E-state index contributed by atoms with van der Waals surface area (Å²) in [6, 6.07) is 5.82. The third-order valence-corrected chi connectivity index (χ3v) is 6.69. The lowest BCUT2D eigenvalue weighted by atomic mass is 10.1. The predicted octanol–water partition coefficient (Wildman–Crippen LogP) is 4.22. The second-order valence-corrected chi connectivity index (χ2v) is 9.28. The molecule has 1 saturated heterocycles. The van der Waals surface area contributed by atoms with Crippen LogP contribution in [0.15, 0.2) is 41.9 Å². The number of amides is 1. The summed E-state index contributed by atoms with van der Waals surface area (Å²) < 4.78 is 33.3. The number of hydrogen-bond donors (Lipinski definition) is 0. The van der Waals surface area contributed by atoms with Crippen molar-refractivity contribution in [2.24, 2.45) is 0 Å². The van der Waals surface area contributed by atoms with Gasteiger partial charge in [-0.3, -0.25) is 9.78 Å². The van der Waals surface area contributed by atoms with Crippen LogP contribution in [0.4, 0.5) is 14.6 Å². The van der Waals surface area contributed by atoms with Gasteiger partial charge in [0.1, 0.15) is 18.0 Å². The summed E-state index contributed by atoms with van der Waals surface area (Å²) in [7, 11) is 0. The van der Waals surface area contributed by atoms with Crippen molar-refractivity contribution in [2.45, 2.75) is 58.4 Å². The molecule has 2 aliphatic heterocycles. The number of pyridine rings is 1. The minimum Gasteiger partial charge on any atom is -0.488 e. The lowest BCUT2D eigenvalue weighted by molar-refractivity contribution is -0.129. The van der Waals surface area contributed by atoms with Crippen molar-refractivity contribution >= 4 is 11.7 Å². The lowest BCUT2D eigenvalue weighted by Crippen LogP contribution is -2.39. The number of aryl methyl sites for hydroxylation is 1. The monoisotopic (exact) mass is 481 g/mol. The fourth-order valence-electron chi connectivity index (χ4n) is 4.75. The Hall–Kier alpha value is -3.36. The van der Waals surface area contributed by atoms with E-state index in [1.807, 2.05) is 25.1 Å². The average Bonchev–Trinajstić information content (AvgIpc) is 2.85. The average molecular weight is 482 g/mol. The van der Waals surface area contributed by atoms with Crippen molar-refractivity contribution < 1.29 is 18.3 Å².